The molecule has 4 nitrogen and oxygen atoms in total. The van der Waals surface area contributed by atoms with Crippen LogP contribution in [0, 0.1) is 0 Å². The van der Waals surface area contributed by atoms with Gasteiger partial charge in [-0.05, 0) is 0 Å². The summed E-state index contributed by atoms with van der Waals surface area (Å²) in [5.41, 5.74) is -0.566. The third kappa shape index (κ3) is 1.37. The lowest BCUT2D eigenvalue weighted by molar-refractivity contribution is 0.0698. The van der Waals surface area contributed by atoms with Crippen LogP contribution in [0.2, 0.25) is 0 Å². The summed E-state index contributed by atoms with van der Waals surface area (Å²) in [6.45, 7) is 0. The molecule has 1 aromatic carbocycles. The van der Waals surface area contributed by atoms with Crippen LogP contribution in [0.25, 0.3) is 11.3 Å². The van der Waals surface area contributed by atoms with Gasteiger partial charge in [0.1, 0.15) is 5.56 Å². The third-order valence-electron chi connectivity index (χ3n) is 1.62. The number of carboxylic acid groups (broad SMARTS) is 1. The molecule has 1 heterocycles. The lowest BCUT2D eigenvalue weighted by Gasteiger charge is -1.98. The Morgan fingerprint density at radius 3 is 2.79 bits per heavy atom. The van der Waals surface area contributed by atoms with Crippen molar-refractivity contribution >= 4 is 5.97 Å². The van der Waals surface area contributed by atoms with Gasteiger partial charge >= 0.3 is 5.97 Å². The summed E-state index contributed by atoms with van der Waals surface area (Å²) in [4.78, 5) is 11.0. The average molecular weight is 193 g/mol. The quantitative estimate of drug-likeness (QED) is 0.763. The molecule has 0 spiro atoms. The normalized spacial score (nSPS) is 15.0. The van der Waals surface area contributed by atoms with Crippen LogP contribution < -0.4 is 0 Å². The fourth-order valence-electron chi connectivity index (χ4n) is 1.01. The zero-order valence-electron chi connectivity index (χ0n) is 11.9. The van der Waals surface area contributed by atoms with Crippen LogP contribution in [-0.2, 0) is 0 Å². The van der Waals surface area contributed by atoms with Gasteiger partial charge in [-0.1, -0.05) is 30.2 Å². The van der Waals surface area contributed by atoms with Gasteiger partial charge in [-0.15, -0.1) is 0 Å². The molecule has 0 aliphatic rings. The Morgan fingerprint density at radius 2 is 2.14 bits per heavy atom. The number of benzene rings is 1. The Morgan fingerprint density at radius 1 is 1.43 bits per heavy atom. The lowest BCUT2D eigenvalue weighted by atomic mass is 10.1. The van der Waals surface area contributed by atoms with Gasteiger partial charge < -0.3 is 5.11 Å². The van der Waals surface area contributed by atoms with Crippen LogP contribution in [0.1, 0.15) is 17.2 Å². The van der Waals surface area contributed by atoms with E-state index in [1.807, 2.05) is 0 Å². The van der Waals surface area contributed by atoms with Gasteiger partial charge in [0.25, 0.3) is 0 Å². The minimum absolute atomic E-state index is 0.107. The minimum Gasteiger partial charge on any atom is -0.478 e. The van der Waals surface area contributed by atoms with Crippen LogP contribution in [0.3, 0.4) is 0 Å². The van der Waals surface area contributed by atoms with Gasteiger partial charge in [0.15, 0.2) is 0 Å². The van der Waals surface area contributed by atoms with E-state index in [1.54, 1.807) is 0 Å². The van der Waals surface area contributed by atoms with Crippen molar-refractivity contribution in [2.24, 2.45) is 0 Å². The van der Waals surface area contributed by atoms with E-state index in [2.05, 4.69) is 10.2 Å². The molecule has 2 N–H and O–H groups in total. The topological polar surface area (TPSA) is 66.0 Å². The first-order chi connectivity index (χ1) is 8.86. The number of rotatable bonds is 2. The van der Waals surface area contributed by atoms with Gasteiger partial charge in [0.05, 0.1) is 18.7 Å². The molecule has 2 aromatic rings. The van der Waals surface area contributed by atoms with Crippen molar-refractivity contribution in [1.82, 2.24) is 10.2 Å². The lowest BCUT2D eigenvalue weighted by Crippen LogP contribution is -1.96. The van der Waals surface area contributed by atoms with Crippen molar-refractivity contribution in [3.8, 4) is 11.3 Å². The van der Waals surface area contributed by atoms with Gasteiger partial charge in [0, 0.05) is 5.56 Å². The number of aromatic carboxylic acids is 1. The summed E-state index contributed by atoms with van der Waals surface area (Å²) in [7, 11) is 0. The number of carbonyl (C=O) groups is 1. The molecule has 2 rings (SSSR count). The maximum atomic E-state index is 11.0. The number of hydrogen-bond acceptors (Lipinski definition) is 2. The van der Waals surface area contributed by atoms with E-state index in [0.29, 0.717) is 0 Å². The van der Waals surface area contributed by atoms with Gasteiger partial charge in [-0.3, -0.25) is 5.10 Å². The number of nitrogens with zero attached hydrogens (tertiary/aromatic N) is 1. The smallest absolute Gasteiger partial charge is 0.339 e. The molecule has 0 fully saturated rings. The molecule has 4 heteroatoms. The van der Waals surface area contributed by atoms with Crippen molar-refractivity contribution in [1.29, 1.82) is 0 Å². The third-order valence-corrected chi connectivity index (χ3v) is 1.62. The molecule has 14 heavy (non-hydrogen) atoms. The summed E-state index contributed by atoms with van der Waals surface area (Å²) < 4.78 is 38.0. The second-order valence-corrected chi connectivity index (χ2v) is 2.46. The van der Waals surface area contributed by atoms with Gasteiger partial charge in [-0.25, -0.2) is 4.79 Å². The predicted molar refractivity (Wildman–Crippen MR) is 51.0 cm³/mol. The fourth-order valence-corrected chi connectivity index (χ4v) is 1.01. The van der Waals surface area contributed by atoms with Crippen LogP contribution in [0.4, 0.5) is 0 Å². The van der Waals surface area contributed by atoms with E-state index in [4.69, 9.17) is 12.0 Å². The van der Waals surface area contributed by atoms with E-state index < -0.39 is 36.2 Å². The molecule has 0 aliphatic heterocycles. The van der Waals surface area contributed by atoms with Crippen molar-refractivity contribution in [3.05, 3.63) is 42.0 Å². The molecule has 0 atom stereocenters. The molecular weight excluding hydrogens is 180 g/mol. The summed E-state index contributed by atoms with van der Waals surface area (Å²) in [6.07, 6.45) is 1.03. The van der Waals surface area contributed by atoms with Gasteiger partial charge in [-0.2, -0.15) is 5.10 Å². The fraction of sp³-hybridized carbons (Fsp3) is 0. The van der Waals surface area contributed by atoms with Crippen molar-refractivity contribution in [3.63, 3.8) is 0 Å². The highest BCUT2D eigenvalue weighted by atomic mass is 16.4. The Kier molecular flexibility index (Phi) is 1.05. The summed E-state index contributed by atoms with van der Waals surface area (Å²) in [5.74, 6) is -1.30. The van der Waals surface area contributed by atoms with Crippen LogP contribution in [0.15, 0.2) is 36.4 Å². The number of aromatic nitrogens is 2. The van der Waals surface area contributed by atoms with Gasteiger partial charge in [0.2, 0.25) is 0 Å². The standard InChI is InChI=1S/C10H8N2O2/c13-10(14)8-6-11-12-9(8)7-4-2-1-3-5-7/h1-6H,(H,11,12)(H,13,14)/i1D,2D,3D,4D,5D. The van der Waals surface area contributed by atoms with Crippen molar-refractivity contribution in [2.45, 2.75) is 0 Å². The van der Waals surface area contributed by atoms with Crippen LogP contribution in [-0.4, -0.2) is 21.3 Å². The Balaban J connectivity index is 2.83. The number of aromatic amines is 1. The van der Waals surface area contributed by atoms with E-state index in [-0.39, 0.29) is 16.8 Å². The second-order valence-electron chi connectivity index (χ2n) is 2.46. The summed E-state index contributed by atoms with van der Waals surface area (Å²) in [5, 5.41) is 14.9. The molecule has 0 unspecified atom stereocenters. The zero-order chi connectivity index (χ0) is 14.3. The highest BCUT2D eigenvalue weighted by Crippen LogP contribution is 2.20. The molecule has 70 valence electrons. The minimum atomic E-state index is -1.30. The maximum absolute atomic E-state index is 11.0. The largest absolute Gasteiger partial charge is 0.478 e. The Hall–Kier alpha value is -2.10. The molecule has 0 saturated carbocycles. The van der Waals surface area contributed by atoms with Crippen molar-refractivity contribution < 1.29 is 16.8 Å². The first-order valence-electron chi connectivity index (χ1n) is 6.20. The molecule has 0 amide bonds. The number of carboxylic acids is 1. The number of nitrogens with one attached hydrogen (secondary N) is 1. The molecule has 1 aromatic heterocycles. The van der Waals surface area contributed by atoms with Crippen LogP contribution >= 0.6 is 0 Å². The van der Waals surface area contributed by atoms with E-state index >= 15 is 0 Å². The molecule has 0 saturated heterocycles. The van der Waals surface area contributed by atoms with Crippen molar-refractivity contribution in [2.75, 3.05) is 0 Å². The highest BCUT2D eigenvalue weighted by molar-refractivity contribution is 5.94. The maximum Gasteiger partial charge on any atom is 0.339 e. The summed E-state index contributed by atoms with van der Waals surface area (Å²) in [6, 6.07) is -2.53. The monoisotopic (exact) mass is 193 g/mol. The van der Waals surface area contributed by atoms with Crippen LogP contribution in [0.5, 0.6) is 0 Å². The Labute approximate surface area is 87.2 Å². The Bertz CT molecular complexity index is 654. The number of hydrogen-bond donors (Lipinski definition) is 2. The first kappa shape index (κ1) is 4.41. The molecule has 0 bridgehead atoms. The predicted octanol–water partition coefficient (Wildman–Crippen LogP) is 1.77. The molecular formula is C10H8N2O2. The number of H-pyrrole nitrogens is 1. The van der Waals surface area contributed by atoms with E-state index in [9.17, 15) is 4.79 Å². The average Bonchev–Trinajstić information content (AvgIpc) is 2.83. The molecule has 0 aliphatic carbocycles. The van der Waals surface area contributed by atoms with E-state index in [0.717, 1.165) is 6.20 Å². The zero-order valence-corrected chi connectivity index (χ0v) is 6.88. The molecule has 0 radical (unpaired) electrons. The van der Waals surface area contributed by atoms with E-state index in [1.165, 1.54) is 0 Å². The SMILES string of the molecule is [2H]c1c([2H])c([2H])c(-c2[nH]ncc2C(=O)O)c([2H])c1[2H]. The second kappa shape index (κ2) is 3.33. The first-order valence-corrected chi connectivity index (χ1v) is 3.70. The highest BCUT2D eigenvalue weighted by Gasteiger charge is 2.12. The summed E-state index contributed by atoms with van der Waals surface area (Å²) >= 11 is 0.